The van der Waals surface area contributed by atoms with Crippen LogP contribution in [0.2, 0.25) is 13.1 Å². The van der Waals surface area contributed by atoms with E-state index in [-0.39, 0.29) is 0 Å². The summed E-state index contributed by atoms with van der Waals surface area (Å²) in [5.41, 5.74) is 2.36. The number of rotatable bonds is 4. The molecular formula is C16H21NOSi. The van der Waals surface area contributed by atoms with E-state index in [2.05, 4.69) is 67.5 Å². The first-order valence-corrected chi connectivity index (χ1v) is 9.52. The summed E-state index contributed by atoms with van der Waals surface area (Å²) in [6.07, 6.45) is 0. The van der Waals surface area contributed by atoms with Gasteiger partial charge < -0.3 is 9.72 Å². The van der Waals surface area contributed by atoms with Crippen molar-refractivity contribution in [2.75, 3.05) is 12.1 Å². The Morgan fingerprint density at radius 1 is 0.947 bits per heavy atom. The molecule has 1 N–H and O–H groups in total. The van der Waals surface area contributed by atoms with E-state index >= 15 is 0 Å². The van der Waals surface area contributed by atoms with Crippen LogP contribution in [0.5, 0.6) is 5.75 Å². The molecule has 0 atom stereocenters. The predicted molar refractivity (Wildman–Crippen MR) is 84.9 cm³/mol. The minimum absolute atomic E-state index is 1.02. The fourth-order valence-electron chi connectivity index (χ4n) is 2.37. The van der Waals surface area contributed by atoms with Crippen LogP contribution < -0.4 is 14.9 Å². The molecule has 2 aromatic carbocycles. The Balaban J connectivity index is 2.37. The average molecular weight is 271 g/mol. The molecule has 0 aromatic heterocycles. The van der Waals surface area contributed by atoms with E-state index in [1.165, 1.54) is 16.4 Å². The maximum absolute atomic E-state index is 5.59. The van der Waals surface area contributed by atoms with E-state index in [9.17, 15) is 0 Å². The smallest absolute Gasteiger partial charge is 0.183 e. The lowest BCUT2D eigenvalue weighted by Crippen LogP contribution is -2.50. The zero-order valence-electron chi connectivity index (χ0n) is 12.0. The molecule has 19 heavy (non-hydrogen) atoms. The standard InChI is InChI=1S/C16H21NOSi/c1-13-9-8-12-15(16(13)18-2)19(3,4)17-14-10-6-5-7-11-14/h5-12,17H,1-4H3. The summed E-state index contributed by atoms with van der Waals surface area (Å²) < 4.78 is 5.59. The highest BCUT2D eigenvalue weighted by atomic mass is 28.3. The molecule has 0 radical (unpaired) electrons. The zero-order chi connectivity index (χ0) is 13.9. The fourth-order valence-corrected chi connectivity index (χ4v) is 4.77. The summed E-state index contributed by atoms with van der Waals surface area (Å²) in [6, 6.07) is 16.7. The van der Waals surface area contributed by atoms with E-state index in [1.807, 2.05) is 6.07 Å². The lowest BCUT2D eigenvalue weighted by Gasteiger charge is -2.28. The number of nitrogens with one attached hydrogen (secondary N) is 1. The highest BCUT2D eigenvalue weighted by Crippen LogP contribution is 2.20. The molecule has 0 heterocycles. The van der Waals surface area contributed by atoms with Crippen LogP contribution in [0, 0.1) is 6.92 Å². The van der Waals surface area contributed by atoms with E-state index in [1.54, 1.807) is 7.11 Å². The van der Waals surface area contributed by atoms with Crippen LogP contribution in [0.15, 0.2) is 48.5 Å². The maximum atomic E-state index is 5.59. The number of methoxy groups -OCH3 is 1. The molecule has 3 heteroatoms. The topological polar surface area (TPSA) is 21.3 Å². The second-order valence-corrected chi connectivity index (χ2v) is 9.31. The Bertz CT molecular complexity index is 552. The Morgan fingerprint density at radius 3 is 2.26 bits per heavy atom. The van der Waals surface area contributed by atoms with Gasteiger partial charge in [-0.2, -0.15) is 0 Å². The summed E-state index contributed by atoms with van der Waals surface area (Å²) in [6.45, 7) is 6.70. The van der Waals surface area contributed by atoms with Gasteiger partial charge >= 0.3 is 0 Å². The Morgan fingerprint density at radius 2 is 1.63 bits per heavy atom. The van der Waals surface area contributed by atoms with Crippen molar-refractivity contribution >= 4 is 19.1 Å². The van der Waals surface area contributed by atoms with Gasteiger partial charge in [-0.1, -0.05) is 36.4 Å². The molecule has 0 aliphatic heterocycles. The minimum atomic E-state index is -1.79. The van der Waals surface area contributed by atoms with Crippen LogP contribution in [-0.2, 0) is 0 Å². The largest absolute Gasteiger partial charge is 0.497 e. The third kappa shape index (κ3) is 2.99. The van der Waals surface area contributed by atoms with Gasteiger partial charge in [0.05, 0.1) is 7.11 Å². The Labute approximate surface area is 116 Å². The molecule has 0 saturated heterocycles. The second kappa shape index (κ2) is 5.49. The molecule has 0 unspecified atom stereocenters. The monoisotopic (exact) mass is 271 g/mol. The lowest BCUT2D eigenvalue weighted by molar-refractivity contribution is 0.415. The molecule has 0 amide bonds. The third-order valence-corrected chi connectivity index (χ3v) is 5.97. The molecule has 100 valence electrons. The molecule has 0 saturated carbocycles. The van der Waals surface area contributed by atoms with Gasteiger partial charge in [-0.15, -0.1) is 0 Å². The number of ether oxygens (including phenoxy) is 1. The first kappa shape index (κ1) is 13.7. The van der Waals surface area contributed by atoms with Crippen molar-refractivity contribution in [2.45, 2.75) is 20.0 Å². The summed E-state index contributed by atoms with van der Waals surface area (Å²) in [5.74, 6) is 1.02. The Kier molecular flexibility index (Phi) is 3.95. The van der Waals surface area contributed by atoms with Crippen LogP contribution in [0.4, 0.5) is 5.69 Å². The van der Waals surface area contributed by atoms with Crippen molar-refractivity contribution in [3.05, 3.63) is 54.1 Å². The van der Waals surface area contributed by atoms with E-state index in [0.29, 0.717) is 0 Å². The third-order valence-electron chi connectivity index (χ3n) is 3.32. The van der Waals surface area contributed by atoms with Crippen LogP contribution >= 0.6 is 0 Å². The maximum Gasteiger partial charge on any atom is 0.183 e. The SMILES string of the molecule is COc1c(C)cccc1[Si](C)(C)Nc1ccccc1. The highest BCUT2D eigenvalue weighted by Gasteiger charge is 2.28. The Hall–Kier alpha value is -1.74. The van der Waals surface area contributed by atoms with Crippen LogP contribution in [0.1, 0.15) is 5.56 Å². The minimum Gasteiger partial charge on any atom is -0.497 e. The van der Waals surface area contributed by atoms with Crippen molar-refractivity contribution in [2.24, 2.45) is 0 Å². The van der Waals surface area contributed by atoms with Gasteiger partial charge in [0.15, 0.2) is 8.24 Å². The van der Waals surface area contributed by atoms with E-state index in [0.717, 1.165) is 5.75 Å². The van der Waals surface area contributed by atoms with Crippen LogP contribution in [-0.4, -0.2) is 15.3 Å². The number of hydrogen-bond acceptors (Lipinski definition) is 2. The quantitative estimate of drug-likeness (QED) is 0.859. The molecule has 2 aromatic rings. The van der Waals surface area contributed by atoms with Gasteiger partial charge in [-0.05, 0) is 37.7 Å². The average Bonchev–Trinajstić information content (AvgIpc) is 2.39. The van der Waals surface area contributed by atoms with Gasteiger partial charge in [0, 0.05) is 10.9 Å². The summed E-state index contributed by atoms with van der Waals surface area (Å²) in [7, 11) is -0.0433. The van der Waals surface area contributed by atoms with Gasteiger partial charge in [-0.3, -0.25) is 0 Å². The van der Waals surface area contributed by atoms with Crippen molar-refractivity contribution in [1.82, 2.24) is 0 Å². The fraction of sp³-hybridized carbons (Fsp3) is 0.250. The van der Waals surface area contributed by atoms with Crippen LogP contribution in [0.25, 0.3) is 0 Å². The highest BCUT2D eigenvalue weighted by molar-refractivity contribution is 6.92. The molecular weight excluding hydrogens is 250 g/mol. The number of aryl methyl sites for hydroxylation is 1. The molecule has 2 rings (SSSR count). The van der Waals surface area contributed by atoms with Gasteiger partial charge in [0.1, 0.15) is 5.75 Å². The van der Waals surface area contributed by atoms with Crippen molar-refractivity contribution in [3.63, 3.8) is 0 Å². The van der Waals surface area contributed by atoms with Gasteiger partial charge in [0.2, 0.25) is 0 Å². The molecule has 2 nitrogen and oxygen atoms in total. The van der Waals surface area contributed by atoms with Crippen molar-refractivity contribution in [3.8, 4) is 5.75 Å². The van der Waals surface area contributed by atoms with Crippen LogP contribution in [0.3, 0.4) is 0 Å². The zero-order valence-corrected chi connectivity index (χ0v) is 13.0. The van der Waals surface area contributed by atoms with Crippen molar-refractivity contribution in [1.29, 1.82) is 0 Å². The summed E-state index contributed by atoms with van der Waals surface area (Å²) >= 11 is 0. The predicted octanol–water partition coefficient (Wildman–Crippen LogP) is 3.53. The first-order valence-electron chi connectivity index (χ1n) is 6.52. The number of anilines is 1. The molecule has 0 spiro atoms. The number of benzene rings is 2. The van der Waals surface area contributed by atoms with Crippen molar-refractivity contribution < 1.29 is 4.74 Å². The van der Waals surface area contributed by atoms with Gasteiger partial charge in [-0.25, -0.2) is 0 Å². The molecule has 0 aliphatic carbocycles. The summed E-state index contributed by atoms with van der Waals surface area (Å²) in [4.78, 5) is 3.70. The summed E-state index contributed by atoms with van der Waals surface area (Å²) in [5, 5.41) is 1.30. The molecule has 0 bridgehead atoms. The first-order chi connectivity index (χ1) is 9.04. The lowest BCUT2D eigenvalue weighted by atomic mass is 10.2. The van der Waals surface area contributed by atoms with E-state index < -0.39 is 8.24 Å². The molecule has 0 aliphatic rings. The van der Waals surface area contributed by atoms with Gasteiger partial charge in [0.25, 0.3) is 0 Å². The van der Waals surface area contributed by atoms with E-state index in [4.69, 9.17) is 4.74 Å². The normalized spacial score (nSPS) is 11.2. The number of hydrogen-bond donors (Lipinski definition) is 1. The second-order valence-electron chi connectivity index (χ2n) is 5.27. The molecule has 0 fully saturated rings. The number of para-hydroxylation sites is 2.